The highest BCUT2D eigenvalue weighted by Gasteiger charge is 2.16. The Bertz CT molecular complexity index is 747. The number of nitro groups is 1. The van der Waals surface area contributed by atoms with E-state index in [-0.39, 0.29) is 5.69 Å². The lowest BCUT2D eigenvalue weighted by molar-refractivity contribution is -0.385. The first-order valence-corrected chi connectivity index (χ1v) is 7.49. The van der Waals surface area contributed by atoms with Crippen LogP contribution in [0.4, 0.5) is 5.69 Å². The highest BCUT2D eigenvalue weighted by molar-refractivity contribution is 9.10. The maximum atomic E-state index is 11.1. The van der Waals surface area contributed by atoms with Gasteiger partial charge in [0.05, 0.1) is 12.0 Å². The van der Waals surface area contributed by atoms with E-state index in [9.17, 15) is 14.9 Å². The van der Waals surface area contributed by atoms with Crippen molar-refractivity contribution in [3.8, 4) is 11.5 Å². The summed E-state index contributed by atoms with van der Waals surface area (Å²) in [6, 6.07) is 9.41. The molecule has 0 saturated heterocycles. The Kier molecular flexibility index (Phi) is 5.33. The van der Waals surface area contributed by atoms with Crippen molar-refractivity contribution >= 4 is 27.9 Å². The minimum atomic E-state index is -0.457. The normalized spacial score (nSPS) is 11.6. The molecule has 0 aromatic heterocycles. The first kappa shape index (κ1) is 17.0. The lowest BCUT2D eigenvalue weighted by Crippen LogP contribution is -2.05. The fraction of sp³-hybridized carbons (Fsp3) is 0.188. The number of benzene rings is 2. The minimum absolute atomic E-state index is 0.00528. The van der Waals surface area contributed by atoms with E-state index < -0.39 is 11.0 Å². The van der Waals surface area contributed by atoms with Crippen LogP contribution in [-0.4, -0.2) is 18.3 Å². The van der Waals surface area contributed by atoms with Crippen LogP contribution in [0.5, 0.6) is 11.5 Å². The Balaban J connectivity index is 2.32. The molecule has 2 aromatic rings. The number of carbonyl (C=O) groups excluding carboxylic acids is 1. The van der Waals surface area contributed by atoms with Crippen LogP contribution in [0.2, 0.25) is 0 Å². The summed E-state index contributed by atoms with van der Waals surface area (Å²) in [5.74, 6) is 0.844. The van der Waals surface area contributed by atoms with Crippen LogP contribution in [0.15, 0.2) is 40.9 Å². The molecular weight excluding hydrogens is 366 g/mol. The third-order valence-electron chi connectivity index (χ3n) is 3.26. The van der Waals surface area contributed by atoms with Crippen molar-refractivity contribution in [2.45, 2.75) is 13.0 Å². The number of hydrogen-bond acceptors (Lipinski definition) is 5. The quantitative estimate of drug-likeness (QED) is 0.424. The smallest absolute Gasteiger partial charge is 0.269 e. The molecule has 0 spiro atoms. The molecule has 0 bridgehead atoms. The molecular formula is C16H14BrNO5. The van der Waals surface area contributed by atoms with Crippen molar-refractivity contribution in [3.05, 3.63) is 62.1 Å². The molecule has 0 saturated carbocycles. The van der Waals surface area contributed by atoms with Crippen molar-refractivity contribution < 1.29 is 19.2 Å². The third-order valence-corrected chi connectivity index (χ3v) is 3.95. The van der Waals surface area contributed by atoms with Gasteiger partial charge in [0.1, 0.15) is 6.10 Å². The highest BCUT2D eigenvalue weighted by Crippen LogP contribution is 2.35. The Hall–Kier alpha value is -2.41. The van der Waals surface area contributed by atoms with Crippen LogP contribution in [0.3, 0.4) is 0 Å². The van der Waals surface area contributed by atoms with Gasteiger partial charge in [-0.2, -0.15) is 0 Å². The van der Waals surface area contributed by atoms with E-state index in [0.717, 1.165) is 0 Å². The standard InChI is InChI=1S/C16H14BrNO5/c1-10(11-4-3-5-13(6-11)18(20)21)23-16-7-12(9-19)14(17)8-15(16)22-2/h3-10H,1-2H3/t10-/m0/s1. The number of aldehydes is 1. The van der Waals surface area contributed by atoms with Crippen LogP contribution in [0.25, 0.3) is 0 Å². The topological polar surface area (TPSA) is 78.7 Å². The fourth-order valence-electron chi connectivity index (χ4n) is 2.04. The molecule has 0 radical (unpaired) electrons. The molecule has 0 aliphatic heterocycles. The maximum Gasteiger partial charge on any atom is 0.269 e. The average molecular weight is 380 g/mol. The third kappa shape index (κ3) is 3.87. The van der Waals surface area contributed by atoms with Gasteiger partial charge < -0.3 is 9.47 Å². The van der Waals surface area contributed by atoms with Crippen LogP contribution >= 0.6 is 15.9 Å². The molecule has 0 N–H and O–H groups in total. The van der Waals surface area contributed by atoms with Gasteiger partial charge in [-0.25, -0.2) is 0 Å². The number of hydrogen-bond donors (Lipinski definition) is 0. The summed E-state index contributed by atoms with van der Waals surface area (Å²) >= 11 is 3.28. The summed E-state index contributed by atoms with van der Waals surface area (Å²) < 4.78 is 11.7. The maximum absolute atomic E-state index is 11.1. The van der Waals surface area contributed by atoms with Crippen molar-refractivity contribution in [1.82, 2.24) is 0 Å². The van der Waals surface area contributed by atoms with Gasteiger partial charge in [0.25, 0.3) is 5.69 Å². The zero-order valence-corrected chi connectivity index (χ0v) is 14.1. The Morgan fingerprint density at radius 1 is 1.26 bits per heavy atom. The molecule has 6 nitrogen and oxygen atoms in total. The molecule has 0 aliphatic carbocycles. The van der Waals surface area contributed by atoms with E-state index in [1.807, 2.05) is 0 Å². The highest BCUT2D eigenvalue weighted by atomic mass is 79.9. The second kappa shape index (κ2) is 7.23. The molecule has 2 aromatic carbocycles. The number of carbonyl (C=O) groups is 1. The second-order valence-corrected chi connectivity index (χ2v) is 5.61. The SMILES string of the molecule is COc1cc(Br)c(C=O)cc1O[C@@H](C)c1cccc([N+](=O)[O-])c1. The van der Waals surface area contributed by atoms with Crippen LogP contribution < -0.4 is 9.47 Å². The van der Waals surface area contributed by atoms with Gasteiger partial charge in [-0.3, -0.25) is 14.9 Å². The van der Waals surface area contributed by atoms with E-state index in [1.54, 1.807) is 31.2 Å². The fourth-order valence-corrected chi connectivity index (χ4v) is 2.46. The Morgan fingerprint density at radius 2 is 2.00 bits per heavy atom. The molecule has 0 unspecified atom stereocenters. The molecule has 1 atom stereocenters. The van der Waals surface area contributed by atoms with E-state index in [2.05, 4.69) is 15.9 Å². The number of rotatable bonds is 6. The van der Waals surface area contributed by atoms with E-state index in [0.29, 0.717) is 33.4 Å². The number of nitro benzene ring substituents is 1. The first-order valence-electron chi connectivity index (χ1n) is 6.70. The summed E-state index contributed by atoms with van der Waals surface area (Å²) in [7, 11) is 1.49. The summed E-state index contributed by atoms with van der Waals surface area (Å²) in [6.45, 7) is 1.77. The second-order valence-electron chi connectivity index (χ2n) is 4.75. The zero-order valence-electron chi connectivity index (χ0n) is 12.5. The summed E-state index contributed by atoms with van der Waals surface area (Å²) in [6.07, 6.45) is 0.249. The predicted octanol–water partition coefficient (Wildman–Crippen LogP) is 4.32. The lowest BCUT2D eigenvalue weighted by Gasteiger charge is -2.18. The zero-order chi connectivity index (χ0) is 17.0. The summed E-state index contributed by atoms with van der Waals surface area (Å²) in [5, 5.41) is 10.9. The number of non-ortho nitro benzene ring substituents is 1. The summed E-state index contributed by atoms with van der Waals surface area (Å²) in [5.41, 5.74) is 1.07. The van der Waals surface area contributed by atoms with Crippen LogP contribution in [-0.2, 0) is 0 Å². The van der Waals surface area contributed by atoms with E-state index in [4.69, 9.17) is 9.47 Å². The van der Waals surface area contributed by atoms with Gasteiger partial charge in [-0.05, 0) is 40.5 Å². The molecule has 0 aliphatic rings. The van der Waals surface area contributed by atoms with Gasteiger partial charge in [0, 0.05) is 22.2 Å². The van der Waals surface area contributed by atoms with Crippen molar-refractivity contribution in [2.24, 2.45) is 0 Å². The summed E-state index contributed by atoms with van der Waals surface area (Å²) in [4.78, 5) is 21.5. The van der Waals surface area contributed by atoms with E-state index >= 15 is 0 Å². The molecule has 23 heavy (non-hydrogen) atoms. The molecule has 120 valence electrons. The number of methoxy groups -OCH3 is 1. The van der Waals surface area contributed by atoms with Gasteiger partial charge in [0.15, 0.2) is 17.8 Å². The number of halogens is 1. The molecule has 0 heterocycles. The van der Waals surface area contributed by atoms with Gasteiger partial charge >= 0.3 is 0 Å². The van der Waals surface area contributed by atoms with Gasteiger partial charge in [-0.15, -0.1) is 0 Å². The number of ether oxygens (including phenoxy) is 2. The van der Waals surface area contributed by atoms with Gasteiger partial charge in [0.2, 0.25) is 0 Å². The van der Waals surface area contributed by atoms with Crippen molar-refractivity contribution in [1.29, 1.82) is 0 Å². The van der Waals surface area contributed by atoms with Gasteiger partial charge in [-0.1, -0.05) is 12.1 Å². The van der Waals surface area contributed by atoms with Crippen molar-refractivity contribution in [3.63, 3.8) is 0 Å². The lowest BCUT2D eigenvalue weighted by atomic mass is 10.1. The molecule has 0 fully saturated rings. The Labute approximate surface area is 141 Å². The molecule has 7 heteroatoms. The molecule has 0 amide bonds. The minimum Gasteiger partial charge on any atom is -0.493 e. The van der Waals surface area contributed by atoms with Crippen molar-refractivity contribution in [2.75, 3.05) is 7.11 Å². The van der Waals surface area contributed by atoms with E-state index in [1.165, 1.54) is 19.2 Å². The monoisotopic (exact) mass is 379 g/mol. The Morgan fingerprint density at radius 3 is 2.61 bits per heavy atom. The average Bonchev–Trinajstić information content (AvgIpc) is 2.55. The molecule has 2 rings (SSSR count). The largest absolute Gasteiger partial charge is 0.493 e. The van der Waals surface area contributed by atoms with Crippen LogP contribution in [0.1, 0.15) is 28.9 Å². The first-order chi connectivity index (χ1) is 11.0. The van der Waals surface area contributed by atoms with Crippen LogP contribution in [0, 0.1) is 10.1 Å². The number of nitrogens with zero attached hydrogens (tertiary/aromatic N) is 1. The predicted molar refractivity (Wildman–Crippen MR) is 88.2 cm³/mol.